The van der Waals surface area contributed by atoms with Gasteiger partial charge in [-0.1, -0.05) is 18.2 Å². The number of ketones is 1. The summed E-state index contributed by atoms with van der Waals surface area (Å²) in [4.78, 5) is 14.5. The molecule has 1 fully saturated rings. The average molecular weight is 418 g/mol. The van der Waals surface area contributed by atoms with E-state index >= 15 is 0 Å². The molecule has 1 atom stereocenters. The van der Waals surface area contributed by atoms with Crippen LogP contribution in [0.15, 0.2) is 42.0 Å². The second-order valence-corrected chi connectivity index (χ2v) is 7.24. The maximum atomic E-state index is 13.8. The zero-order chi connectivity index (χ0) is 21.9. The molecule has 0 spiro atoms. The van der Waals surface area contributed by atoms with Gasteiger partial charge in [0.05, 0.1) is 18.3 Å². The van der Waals surface area contributed by atoms with Crippen molar-refractivity contribution >= 4 is 27.8 Å². The number of hydrogen-bond donors (Lipinski definition) is 2. The van der Waals surface area contributed by atoms with Gasteiger partial charge in [0.2, 0.25) is 0 Å². The molecule has 2 N–H and O–H groups in total. The Labute approximate surface area is 171 Å². The Bertz CT molecular complexity index is 1020. The highest BCUT2D eigenvalue weighted by Gasteiger charge is 2.39. The fourth-order valence-corrected chi connectivity index (χ4v) is 3.38. The van der Waals surface area contributed by atoms with Gasteiger partial charge in [0.1, 0.15) is 11.6 Å². The van der Waals surface area contributed by atoms with Crippen molar-refractivity contribution in [3.8, 4) is 6.07 Å². The van der Waals surface area contributed by atoms with Crippen LogP contribution < -0.4 is 4.90 Å². The van der Waals surface area contributed by atoms with E-state index in [4.69, 9.17) is 5.11 Å². The van der Waals surface area contributed by atoms with Crippen LogP contribution in [0.25, 0.3) is 16.3 Å². The Morgan fingerprint density at radius 1 is 1.17 bits per heavy atom. The number of fused-ring (bicyclic) bond motifs is 1. The number of aliphatic hydroxyl groups is 2. The zero-order valence-corrected chi connectivity index (χ0v) is 16.1. The van der Waals surface area contributed by atoms with Crippen molar-refractivity contribution in [2.75, 3.05) is 24.6 Å². The number of aliphatic hydroxyl groups excluding tert-OH is 2. The van der Waals surface area contributed by atoms with Gasteiger partial charge in [-0.3, -0.25) is 4.79 Å². The number of alkyl halides is 3. The van der Waals surface area contributed by atoms with Crippen LogP contribution in [0.2, 0.25) is 0 Å². The number of benzene rings is 2. The molecule has 2 aromatic rings. The van der Waals surface area contributed by atoms with E-state index in [1.807, 2.05) is 12.1 Å². The largest absolute Gasteiger partial charge is 0.418 e. The predicted octanol–water partition coefficient (Wildman–Crippen LogP) is 3.59. The van der Waals surface area contributed by atoms with E-state index in [9.17, 15) is 28.3 Å². The lowest BCUT2D eigenvalue weighted by Crippen LogP contribution is -2.36. The fourth-order valence-electron chi connectivity index (χ4n) is 3.38. The summed E-state index contributed by atoms with van der Waals surface area (Å²) in [7, 11) is 0. The van der Waals surface area contributed by atoms with Gasteiger partial charge in [0.25, 0.3) is 0 Å². The van der Waals surface area contributed by atoms with Crippen molar-refractivity contribution < 1.29 is 28.2 Å². The summed E-state index contributed by atoms with van der Waals surface area (Å²) in [5.74, 6) is -1.02. The van der Waals surface area contributed by atoms with Crippen LogP contribution in [-0.2, 0) is 4.79 Å². The lowest BCUT2D eigenvalue weighted by atomic mass is 9.93. The Kier molecular flexibility index (Phi) is 6.44. The van der Waals surface area contributed by atoms with E-state index < -0.39 is 42.2 Å². The molecule has 158 valence electrons. The summed E-state index contributed by atoms with van der Waals surface area (Å²) < 4.78 is 41.5. The van der Waals surface area contributed by atoms with Crippen molar-refractivity contribution in [3.63, 3.8) is 0 Å². The van der Waals surface area contributed by atoms with Gasteiger partial charge in [0.15, 0.2) is 5.78 Å². The number of carbonyl (C=O) groups excluding carboxylic acids is 1. The number of rotatable bonds is 7. The van der Waals surface area contributed by atoms with Gasteiger partial charge in [-0.05, 0) is 47.4 Å². The van der Waals surface area contributed by atoms with Crippen molar-refractivity contribution in [3.05, 3.63) is 47.5 Å². The second kappa shape index (κ2) is 8.86. The van der Waals surface area contributed by atoms with Crippen LogP contribution in [0.4, 0.5) is 18.9 Å². The molecule has 1 aliphatic rings. The van der Waals surface area contributed by atoms with Crippen LogP contribution >= 0.6 is 0 Å². The van der Waals surface area contributed by atoms with Crippen LogP contribution in [0.3, 0.4) is 0 Å². The van der Waals surface area contributed by atoms with Crippen molar-refractivity contribution in [2.24, 2.45) is 0 Å². The minimum absolute atomic E-state index is 0.233. The summed E-state index contributed by atoms with van der Waals surface area (Å²) in [6.45, 7) is 1.28. The monoisotopic (exact) mass is 418 g/mol. The van der Waals surface area contributed by atoms with Crippen LogP contribution in [0.5, 0.6) is 0 Å². The van der Waals surface area contributed by atoms with E-state index in [-0.39, 0.29) is 12.0 Å². The third-order valence-corrected chi connectivity index (χ3v) is 5.17. The number of nitriles is 1. The first kappa shape index (κ1) is 21.8. The van der Waals surface area contributed by atoms with Crippen molar-refractivity contribution in [1.82, 2.24) is 0 Å². The number of allylic oxidation sites excluding steroid dienone is 2. The molecule has 0 amide bonds. The molecule has 1 heterocycles. The van der Waals surface area contributed by atoms with Crippen LogP contribution in [0.1, 0.15) is 24.8 Å². The highest BCUT2D eigenvalue weighted by Crippen LogP contribution is 2.38. The minimum atomic E-state index is -4.92. The molecule has 8 heteroatoms. The molecule has 1 unspecified atom stereocenters. The van der Waals surface area contributed by atoms with Gasteiger partial charge in [-0.15, -0.1) is 0 Å². The summed E-state index contributed by atoms with van der Waals surface area (Å²) in [5, 5.41) is 28.8. The van der Waals surface area contributed by atoms with Gasteiger partial charge in [0, 0.05) is 25.2 Å². The fraction of sp³-hybridized carbons (Fsp3) is 0.364. The number of anilines is 1. The van der Waals surface area contributed by atoms with E-state index in [1.165, 1.54) is 18.2 Å². The first-order chi connectivity index (χ1) is 14.2. The van der Waals surface area contributed by atoms with E-state index in [1.54, 1.807) is 12.1 Å². The molecule has 0 bridgehead atoms. The number of hydrogen-bond acceptors (Lipinski definition) is 5. The Morgan fingerprint density at radius 2 is 1.83 bits per heavy atom. The molecule has 0 aromatic heterocycles. The number of halogens is 3. The minimum Gasteiger partial charge on any atom is -0.394 e. The van der Waals surface area contributed by atoms with E-state index in [0.29, 0.717) is 5.39 Å². The molecule has 0 saturated carbocycles. The van der Waals surface area contributed by atoms with Gasteiger partial charge < -0.3 is 15.1 Å². The summed E-state index contributed by atoms with van der Waals surface area (Å²) >= 11 is 0. The Balaban J connectivity index is 2.01. The van der Waals surface area contributed by atoms with Gasteiger partial charge >= 0.3 is 6.18 Å². The van der Waals surface area contributed by atoms with Gasteiger partial charge in [-0.25, -0.2) is 0 Å². The molecular formula is C22H21F3N2O3. The van der Waals surface area contributed by atoms with E-state index in [2.05, 4.69) is 4.90 Å². The lowest BCUT2D eigenvalue weighted by molar-refractivity contribution is -0.116. The van der Waals surface area contributed by atoms with Gasteiger partial charge in [-0.2, -0.15) is 18.4 Å². The molecule has 2 aromatic carbocycles. The smallest absolute Gasteiger partial charge is 0.394 e. The Hall–Kier alpha value is -2.89. The maximum absolute atomic E-state index is 13.8. The SMILES string of the molecule is N#C/C(C(=O)CCC(O)CO)=C(\c1ccc2cc(N3CCC3)ccc2c1)C(F)(F)F. The molecule has 1 aliphatic heterocycles. The van der Waals surface area contributed by atoms with Crippen LogP contribution in [-0.4, -0.2) is 48.0 Å². The third kappa shape index (κ3) is 4.64. The highest BCUT2D eigenvalue weighted by molar-refractivity contribution is 6.07. The van der Waals surface area contributed by atoms with Crippen LogP contribution in [0, 0.1) is 11.3 Å². The standard InChI is InChI=1S/C22H21F3N2O3/c23-22(24,25)21(19(12-26)20(30)7-6-18(29)13-28)16-3-2-15-11-17(27-8-1-9-27)5-4-14(15)10-16/h2-5,10-11,18,28-29H,1,6-9,13H2/b21-19-. The highest BCUT2D eigenvalue weighted by atomic mass is 19.4. The topological polar surface area (TPSA) is 84.6 Å². The maximum Gasteiger partial charge on any atom is 0.418 e. The third-order valence-electron chi connectivity index (χ3n) is 5.17. The van der Waals surface area contributed by atoms with Crippen molar-refractivity contribution in [2.45, 2.75) is 31.5 Å². The molecule has 0 radical (unpaired) electrons. The Morgan fingerprint density at radius 3 is 2.40 bits per heavy atom. The second-order valence-electron chi connectivity index (χ2n) is 7.24. The number of nitrogens with zero attached hydrogens (tertiary/aromatic N) is 2. The molecule has 30 heavy (non-hydrogen) atoms. The number of carbonyl (C=O) groups is 1. The predicted molar refractivity (Wildman–Crippen MR) is 107 cm³/mol. The van der Waals surface area contributed by atoms with E-state index in [0.717, 1.165) is 30.6 Å². The molecule has 5 nitrogen and oxygen atoms in total. The normalized spacial score (nSPS) is 15.9. The summed E-state index contributed by atoms with van der Waals surface area (Å²) in [6.07, 6.45) is -5.75. The lowest BCUT2D eigenvalue weighted by Gasteiger charge is -2.33. The summed E-state index contributed by atoms with van der Waals surface area (Å²) in [5.41, 5.74) is -1.55. The molecular weight excluding hydrogens is 397 g/mol. The molecule has 1 saturated heterocycles. The quantitative estimate of drug-likeness (QED) is 0.530. The average Bonchev–Trinajstić information content (AvgIpc) is 2.67. The molecule has 3 rings (SSSR count). The zero-order valence-electron chi connectivity index (χ0n) is 16.1. The first-order valence-corrected chi connectivity index (χ1v) is 9.57. The number of Topliss-reactive ketones (excluding diaryl/α,β-unsaturated/α-hetero) is 1. The first-order valence-electron chi connectivity index (χ1n) is 9.57. The summed E-state index contributed by atoms with van der Waals surface area (Å²) in [6, 6.07) is 11.0. The van der Waals surface area contributed by atoms with Crippen molar-refractivity contribution in [1.29, 1.82) is 5.26 Å². The molecule has 0 aliphatic carbocycles.